The normalized spacial score (nSPS) is 18.9. The smallest absolute Gasteiger partial charge is 0.267 e. The second-order valence-corrected chi connectivity index (χ2v) is 9.42. The topological polar surface area (TPSA) is 69.7 Å². The van der Waals surface area contributed by atoms with Crippen molar-refractivity contribution in [1.29, 1.82) is 0 Å². The first kappa shape index (κ1) is 22.2. The molecule has 0 radical (unpaired) electrons. The molecule has 4 rings (SSSR count). The maximum atomic E-state index is 13.5. The van der Waals surface area contributed by atoms with Crippen molar-refractivity contribution in [2.45, 2.75) is 33.2 Å². The number of anilines is 2. The number of nitrogens with zero attached hydrogens (tertiary/aromatic N) is 2. The molecule has 1 unspecified atom stereocenters. The number of hydrogen-bond acceptors (Lipinski definition) is 5. The van der Waals surface area contributed by atoms with E-state index in [0.29, 0.717) is 31.7 Å². The number of thioether (sulfide) groups is 1. The van der Waals surface area contributed by atoms with E-state index in [1.54, 1.807) is 17.0 Å². The summed E-state index contributed by atoms with van der Waals surface area (Å²) in [5.74, 6) is -0.926. The Bertz CT molecular complexity index is 1170. The highest BCUT2D eigenvalue weighted by atomic mass is 32.2. The molecule has 2 aliphatic heterocycles. The number of nitrogens with one attached hydrogen (secondary N) is 1. The molecule has 8 heteroatoms. The van der Waals surface area contributed by atoms with Crippen LogP contribution in [0.5, 0.6) is 0 Å². The van der Waals surface area contributed by atoms with Gasteiger partial charge in [0.2, 0.25) is 5.91 Å². The van der Waals surface area contributed by atoms with Crippen LogP contribution in [0, 0.1) is 6.92 Å². The molecule has 0 aromatic heterocycles. The van der Waals surface area contributed by atoms with Crippen molar-refractivity contribution in [3.63, 3.8) is 0 Å². The Labute approximate surface area is 196 Å². The van der Waals surface area contributed by atoms with Gasteiger partial charge in [0.15, 0.2) is 0 Å². The first-order valence-corrected chi connectivity index (χ1v) is 11.6. The van der Waals surface area contributed by atoms with Gasteiger partial charge in [-0.2, -0.15) is 0 Å². The summed E-state index contributed by atoms with van der Waals surface area (Å²) < 4.78 is 0.452. The first-order chi connectivity index (χ1) is 15.3. The lowest BCUT2D eigenvalue weighted by Crippen LogP contribution is -2.37. The van der Waals surface area contributed by atoms with E-state index < -0.39 is 0 Å². The highest BCUT2D eigenvalue weighted by Crippen LogP contribution is 2.45. The SMILES string of the molecule is CCC(C)N1C(=O)/C(=C2/C(=O)N(CC(=O)Nc3ccccc3C)c3ccccc32)SC1=S. The molecule has 1 saturated heterocycles. The molecule has 0 aliphatic carbocycles. The summed E-state index contributed by atoms with van der Waals surface area (Å²) >= 11 is 6.59. The maximum Gasteiger partial charge on any atom is 0.267 e. The van der Waals surface area contributed by atoms with Gasteiger partial charge in [-0.15, -0.1) is 0 Å². The molecule has 2 aliphatic rings. The first-order valence-electron chi connectivity index (χ1n) is 10.4. The maximum absolute atomic E-state index is 13.5. The standard InChI is InChI=1S/C24H23N3O3S2/c1-4-15(3)27-23(30)21(32-24(27)31)20-16-10-6-8-12-18(16)26(22(20)29)13-19(28)25-17-11-7-5-9-14(17)2/h5-12,15H,4,13H2,1-3H3,(H,25,28)/b21-20-. The Morgan fingerprint density at radius 2 is 1.78 bits per heavy atom. The van der Waals surface area contributed by atoms with Crippen LogP contribution in [0.3, 0.4) is 0 Å². The molecule has 2 aromatic carbocycles. The third kappa shape index (κ3) is 3.84. The Kier molecular flexibility index (Phi) is 6.17. The van der Waals surface area contributed by atoms with Crippen LogP contribution in [0.4, 0.5) is 11.4 Å². The molecule has 1 fully saturated rings. The Morgan fingerprint density at radius 1 is 1.09 bits per heavy atom. The summed E-state index contributed by atoms with van der Waals surface area (Å²) in [6.07, 6.45) is 0.755. The zero-order valence-corrected chi connectivity index (χ0v) is 19.7. The minimum Gasteiger partial charge on any atom is -0.324 e. The minimum absolute atomic E-state index is 0.0525. The predicted octanol–water partition coefficient (Wildman–Crippen LogP) is 4.35. The summed E-state index contributed by atoms with van der Waals surface area (Å²) in [6, 6.07) is 14.6. The van der Waals surface area contributed by atoms with Gasteiger partial charge in [0.1, 0.15) is 10.9 Å². The molecule has 2 aromatic rings. The Morgan fingerprint density at radius 3 is 2.50 bits per heavy atom. The Hall–Kier alpha value is -2.97. The van der Waals surface area contributed by atoms with E-state index in [4.69, 9.17) is 12.2 Å². The van der Waals surface area contributed by atoms with Crippen molar-refractivity contribution in [2.24, 2.45) is 0 Å². The summed E-state index contributed by atoms with van der Waals surface area (Å²) in [5.41, 5.74) is 3.20. The number of carbonyl (C=O) groups is 3. The van der Waals surface area contributed by atoms with E-state index in [2.05, 4.69) is 5.32 Å². The van der Waals surface area contributed by atoms with Gasteiger partial charge in [0.05, 0.1) is 16.2 Å². The molecule has 1 atom stereocenters. The summed E-state index contributed by atoms with van der Waals surface area (Å²) in [4.78, 5) is 42.7. The van der Waals surface area contributed by atoms with Crippen LogP contribution in [0.1, 0.15) is 31.4 Å². The molecule has 6 nitrogen and oxygen atoms in total. The van der Waals surface area contributed by atoms with Gasteiger partial charge in [-0.05, 0) is 38.0 Å². The number of amides is 3. The minimum atomic E-state index is -0.365. The molecule has 0 spiro atoms. The second-order valence-electron chi connectivity index (χ2n) is 7.78. The van der Waals surface area contributed by atoms with Crippen molar-refractivity contribution >= 4 is 63.0 Å². The predicted molar refractivity (Wildman–Crippen MR) is 132 cm³/mol. The highest BCUT2D eigenvalue weighted by molar-refractivity contribution is 8.26. The van der Waals surface area contributed by atoms with Gasteiger partial charge in [0.25, 0.3) is 11.8 Å². The molecule has 3 amide bonds. The van der Waals surface area contributed by atoms with E-state index >= 15 is 0 Å². The average molecular weight is 466 g/mol. The third-order valence-electron chi connectivity index (χ3n) is 5.70. The van der Waals surface area contributed by atoms with E-state index in [1.807, 2.05) is 57.2 Å². The van der Waals surface area contributed by atoms with E-state index in [1.165, 1.54) is 4.90 Å². The van der Waals surface area contributed by atoms with Crippen molar-refractivity contribution in [1.82, 2.24) is 4.90 Å². The van der Waals surface area contributed by atoms with Crippen LogP contribution in [0.2, 0.25) is 0 Å². The number of para-hydroxylation sites is 2. The summed E-state index contributed by atoms with van der Waals surface area (Å²) in [5, 5.41) is 2.87. The monoisotopic (exact) mass is 465 g/mol. The van der Waals surface area contributed by atoms with Crippen molar-refractivity contribution in [3.05, 3.63) is 64.6 Å². The van der Waals surface area contributed by atoms with Gasteiger partial charge < -0.3 is 5.32 Å². The van der Waals surface area contributed by atoms with E-state index in [9.17, 15) is 14.4 Å². The number of hydrogen-bond donors (Lipinski definition) is 1. The zero-order chi connectivity index (χ0) is 23.0. The zero-order valence-electron chi connectivity index (χ0n) is 18.0. The lowest BCUT2D eigenvalue weighted by Gasteiger charge is -2.21. The van der Waals surface area contributed by atoms with Gasteiger partial charge in [-0.3, -0.25) is 24.2 Å². The lowest BCUT2D eigenvalue weighted by molar-refractivity contribution is -0.123. The molecule has 2 heterocycles. The number of carbonyl (C=O) groups excluding carboxylic acids is 3. The van der Waals surface area contributed by atoms with Crippen molar-refractivity contribution in [2.75, 3.05) is 16.8 Å². The molecule has 1 N–H and O–H groups in total. The number of thiocarbonyl (C=S) groups is 1. The van der Waals surface area contributed by atoms with Gasteiger partial charge in [-0.1, -0.05) is 67.3 Å². The van der Waals surface area contributed by atoms with Crippen molar-refractivity contribution in [3.8, 4) is 0 Å². The molecular weight excluding hydrogens is 442 g/mol. The second kappa shape index (κ2) is 8.88. The van der Waals surface area contributed by atoms with Crippen molar-refractivity contribution < 1.29 is 14.4 Å². The van der Waals surface area contributed by atoms with Gasteiger partial charge >= 0.3 is 0 Å². The van der Waals surface area contributed by atoms with Crippen LogP contribution in [-0.4, -0.2) is 39.5 Å². The van der Waals surface area contributed by atoms with Gasteiger partial charge in [-0.25, -0.2) is 0 Å². The fourth-order valence-electron chi connectivity index (χ4n) is 3.80. The van der Waals surface area contributed by atoms with Crippen LogP contribution >= 0.6 is 24.0 Å². The highest BCUT2D eigenvalue weighted by Gasteiger charge is 2.43. The molecule has 0 bridgehead atoms. The average Bonchev–Trinajstić information content (AvgIpc) is 3.21. The van der Waals surface area contributed by atoms with Gasteiger partial charge in [0, 0.05) is 17.3 Å². The molecular formula is C24H23N3O3S2. The van der Waals surface area contributed by atoms with E-state index in [-0.39, 0.29) is 30.3 Å². The fraction of sp³-hybridized carbons (Fsp3) is 0.250. The Balaban J connectivity index is 1.67. The lowest BCUT2D eigenvalue weighted by atomic mass is 10.1. The summed E-state index contributed by atoms with van der Waals surface area (Å²) in [7, 11) is 0. The van der Waals surface area contributed by atoms with Crippen LogP contribution < -0.4 is 10.2 Å². The van der Waals surface area contributed by atoms with E-state index in [0.717, 1.165) is 23.7 Å². The largest absolute Gasteiger partial charge is 0.324 e. The number of rotatable bonds is 5. The molecule has 0 saturated carbocycles. The number of fused-ring (bicyclic) bond motifs is 1. The quantitative estimate of drug-likeness (QED) is 0.525. The summed E-state index contributed by atoms with van der Waals surface area (Å²) in [6.45, 7) is 5.68. The third-order valence-corrected chi connectivity index (χ3v) is 7.10. The van der Waals surface area contributed by atoms with Crippen LogP contribution in [0.25, 0.3) is 5.57 Å². The van der Waals surface area contributed by atoms with Crippen LogP contribution in [-0.2, 0) is 14.4 Å². The molecule has 164 valence electrons. The molecule has 32 heavy (non-hydrogen) atoms. The van der Waals surface area contributed by atoms with Crippen LogP contribution in [0.15, 0.2) is 53.4 Å². The number of aryl methyl sites for hydroxylation is 1. The number of benzene rings is 2. The fourth-order valence-corrected chi connectivity index (χ4v) is 5.33.